The molecule has 5 nitrogen and oxygen atoms in total. The van der Waals surface area contributed by atoms with E-state index in [0.29, 0.717) is 13.1 Å². The van der Waals surface area contributed by atoms with E-state index in [2.05, 4.69) is 5.32 Å². The van der Waals surface area contributed by atoms with Crippen LogP contribution >= 0.6 is 0 Å². The van der Waals surface area contributed by atoms with E-state index in [0.717, 1.165) is 6.42 Å². The SMILES string of the molecule is CCC(C)(C)NC(=O)C(C)N1CC(C(=O)O)C1. The predicted molar refractivity (Wildman–Crippen MR) is 64.7 cm³/mol. The van der Waals surface area contributed by atoms with Gasteiger partial charge in [-0.1, -0.05) is 6.92 Å². The number of likely N-dealkylation sites (tertiary alicyclic amines) is 1. The van der Waals surface area contributed by atoms with E-state index in [-0.39, 0.29) is 23.4 Å². The normalized spacial score (nSPS) is 19.5. The Morgan fingerprint density at radius 1 is 1.47 bits per heavy atom. The number of nitrogens with zero attached hydrogens (tertiary/aromatic N) is 1. The van der Waals surface area contributed by atoms with E-state index in [1.165, 1.54) is 0 Å². The molecule has 0 bridgehead atoms. The highest BCUT2D eigenvalue weighted by Gasteiger charge is 2.38. The molecule has 0 saturated carbocycles. The van der Waals surface area contributed by atoms with Crippen LogP contribution in [0.3, 0.4) is 0 Å². The monoisotopic (exact) mass is 242 g/mol. The van der Waals surface area contributed by atoms with Gasteiger partial charge in [-0.25, -0.2) is 0 Å². The standard InChI is InChI=1S/C12H22N2O3/c1-5-12(3,4)13-10(15)8(2)14-6-9(7-14)11(16)17/h8-9H,5-7H2,1-4H3,(H,13,15)(H,16,17). The molecular formula is C12H22N2O3. The lowest BCUT2D eigenvalue weighted by atomic mass is 9.97. The minimum absolute atomic E-state index is 0.0271. The van der Waals surface area contributed by atoms with E-state index in [4.69, 9.17) is 5.11 Å². The smallest absolute Gasteiger partial charge is 0.309 e. The van der Waals surface area contributed by atoms with Gasteiger partial charge in [-0.2, -0.15) is 0 Å². The Bertz CT molecular complexity index is 309. The molecule has 1 atom stereocenters. The average molecular weight is 242 g/mol. The van der Waals surface area contributed by atoms with Crippen LogP contribution in [0.25, 0.3) is 0 Å². The molecule has 0 aromatic carbocycles. The second kappa shape index (κ2) is 5.04. The van der Waals surface area contributed by atoms with Gasteiger partial charge in [-0.3, -0.25) is 14.5 Å². The summed E-state index contributed by atoms with van der Waals surface area (Å²) in [5.74, 6) is -1.12. The Kier molecular flexibility index (Phi) is 4.14. The third-order valence-electron chi connectivity index (χ3n) is 3.53. The van der Waals surface area contributed by atoms with Crippen molar-refractivity contribution in [2.75, 3.05) is 13.1 Å². The van der Waals surface area contributed by atoms with Gasteiger partial charge >= 0.3 is 5.97 Å². The molecule has 0 aromatic rings. The van der Waals surface area contributed by atoms with Crippen molar-refractivity contribution in [2.24, 2.45) is 5.92 Å². The number of carboxylic acid groups (broad SMARTS) is 1. The Balaban J connectivity index is 2.42. The number of nitrogens with one attached hydrogen (secondary N) is 1. The van der Waals surface area contributed by atoms with Crippen molar-refractivity contribution in [2.45, 2.75) is 45.7 Å². The summed E-state index contributed by atoms with van der Waals surface area (Å²) in [5, 5.41) is 11.7. The molecule has 2 N–H and O–H groups in total. The number of amides is 1. The molecule has 0 aromatic heterocycles. The highest BCUT2D eigenvalue weighted by molar-refractivity contribution is 5.82. The van der Waals surface area contributed by atoms with E-state index in [1.54, 1.807) is 0 Å². The first kappa shape index (κ1) is 14.0. The van der Waals surface area contributed by atoms with Crippen LogP contribution in [-0.2, 0) is 9.59 Å². The first-order valence-electron chi connectivity index (χ1n) is 6.05. The summed E-state index contributed by atoms with van der Waals surface area (Å²) in [6.45, 7) is 8.74. The van der Waals surface area contributed by atoms with E-state index in [9.17, 15) is 9.59 Å². The number of hydrogen-bond donors (Lipinski definition) is 2. The number of carbonyl (C=O) groups excluding carboxylic acids is 1. The van der Waals surface area contributed by atoms with Crippen molar-refractivity contribution in [1.29, 1.82) is 0 Å². The third-order valence-corrected chi connectivity index (χ3v) is 3.53. The number of aliphatic carboxylic acids is 1. The first-order chi connectivity index (χ1) is 7.76. The van der Waals surface area contributed by atoms with Crippen LogP contribution in [0.15, 0.2) is 0 Å². The fraction of sp³-hybridized carbons (Fsp3) is 0.833. The van der Waals surface area contributed by atoms with Gasteiger partial charge < -0.3 is 10.4 Å². The maximum atomic E-state index is 11.9. The van der Waals surface area contributed by atoms with Gasteiger partial charge in [0.05, 0.1) is 12.0 Å². The van der Waals surface area contributed by atoms with Gasteiger partial charge in [0.25, 0.3) is 0 Å². The quantitative estimate of drug-likeness (QED) is 0.744. The molecular weight excluding hydrogens is 220 g/mol. The van der Waals surface area contributed by atoms with E-state index in [1.807, 2.05) is 32.6 Å². The first-order valence-corrected chi connectivity index (χ1v) is 6.05. The Labute approximate surface area is 102 Å². The van der Waals surface area contributed by atoms with Crippen molar-refractivity contribution in [3.05, 3.63) is 0 Å². The lowest BCUT2D eigenvalue weighted by Gasteiger charge is -2.41. The Morgan fingerprint density at radius 2 is 2.00 bits per heavy atom. The third kappa shape index (κ3) is 3.43. The van der Waals surface area contributed by atoms with Crippen LogP contribution in [0, 0.1) is 5.92 Å². The Hall–Kier alpha value is -1.10. The number of carbonyl (C=O) groups is 2. The van der Waals surface area contributed by atoms with Gasteiger partial charge in [-0.05, 0) is 27.2 Å². The van der Waals surface area contributed by atoms with Gasteiger partial charge in [0.2, 0.25) is 5.91 Å². The maximum absolute atomic E-state index is 11.9. The fourth-order valence-electron chi connectivity index (χ4n) is 1.68. The summed E-state index contributed by atoms with van der Waals surface area (Å²) in [7, 11) is 0. The van der Waals surface area contributed by atoms with E-state index < -0.39 is 5.97 Å². The second-order valence-electron chi connectivity index (χ2n) is 5.39. The maximum Gasteiger partial charge on any atom is 0.309 e. The highest BCUT2D eigenvalue weighted by Crippen LogP contribution is 2.19. The summed E-state index contributed by atoms with van der Waals surface area (Å²) < 4.78 is 0. The van der Waals surface area contributed by atoms with Crippen LogP contribution in [0.2, 0.25) is 0 Å². The number of hydrogen-bond acceptors (Lipinski definition) is 3. The molecule has 1 aliphatic rings. The molecule has 0 spiro atoms. The van der Waals surface area contributed by atoms with Gasteiger partial charge in [0.15, 0.2) is 0 Å². The van der Waals surface area contributed by atoms with Crippen molar-refractivity contribution >= 4 is 11.9 Å². The van der Waals surface area contributed by atoms with Crippen LogP contribution < -0.4 is 5.32 Å². The van der Waals surface area contributed by atoms with Crippen molar-refractivity contribution in [1.82, 2.24) is 10.2 Å². The topological polar surface area (TPSA) is 69.6 Å². The van der Waals surface area contributed by atoms with Crippen molar-refractivity contribution < 1.29 is 14.7 Å². The fourth-order valence-corrected chi connectivity index (χ4v) is 1.68. The minimum Gasteiger partial charge on any atom is -0.481 e. The summed E-state index contributed by atoms with van der Waals surface area (Å²) in [5.41, 5.74) is -0.206. The summed E-state index contributed by atoms with van der Waals surface area (Å²) in [4.78, 5) is 24.5. The molecule has 1 rings (SSSR count). The summed E-state index contributed by atoms with van der Waals surface area (Å²) in [6.07, 6.45) is 0.864. The summed E-state index contributed by atoms with van der Waals surface area (Å²) >= 11 is 0. The molecule has 0 radical (unpaired) electrons. The largest absolute Gasteiger partial charge is 0.481 e. The average Bonchev–Trinajstić information content (AvgIpc) is 2.13. The molecule has 1 aliphatic heterocycles. The zero-order valence-electron chi connectivity index (χ0n) is 11.0. The zero-order chi connectivity index (χ0) is 13.2. The van der Waals surface area contributed by atoms with Gasteiger partial charge in [0.1, 0.15) is 0 Å². The van der Waals surface area contributed by atoms with Crippen LogP contribution in [0.4, 0.5) is 0 Å². The lowest BCUT2D eigenvalue weighted by Crippen LogP contribution is -2.60. The predicted octanol–water partition coefficient (Wildman–Crippen LogP) is 0.696. The van der Waals surface area contributed by atoms with Crippen LogP contribution in [0.1, 0.15) is 34.1 Å². The molecule has 98 valence electrons. The lowest BCUT2D eigenvalue weighted by molar-refractivity contribution is -0.151. The molecule has 1 unspecified atom stereocenters. The van der Waals surface area contributed by atoms with Crippen LogP contribution in [-0.4, -0.2) is 46.6 Å². The second-order valence-corrected chi connectivity index (χ2v) is 5.39. The number of rotatable bonds is 5. The van der Waals surface area contributed by atoms with Crippen molar-refractivity contribution in [3.63, 3.8) is 0 Å². The van der Waals surface area contributed by atoms with E-state index >= 15 is 0 Å². The van der Waals surface area contributed by atoms with Crippen LogP contribution in [0.5, 0.6) is 0 Å². The minimum atomic E-state index is -0.775. The number of carboxylic acids is 1. The molecule has 17 heavy (non-hydrogen) atoms. The van der Waals surface area contributed by atoms with Gasteiger partial charge in [-0.15, -0.1) is 0 Å². The molecule has 0 aliphatic carbocycles. The molecule has 1 amide bonds. The summed E-state index contributed by atoms with van der Waals surface area (Å²) in [6, 6.07) is -0.253. The van der Waals surface area contributed by atoms with Crippen molar-refractivity contribution in [3.8, 4) is 0 Å². The molecule has 1 saturated heterocycles. The van der Waals surface area contributed by atoms with Gasteiger partial charge in [0, 0.05) is 18.6 Å². The highest BCUT2D eigenvalue weighted by atomic mass is 16.4. The molecule has 1 fully saturated rings. The Morgan fingerprint density at radius 3 is 2.41 bits per heavy atom. The zero-order valence-corrected chi connectivity index (χ0v) is 11.0. The molecule has 5 heteroatoms. The molecule has 1 heterocycles.